The first-order valence-corrected chi connectivity index (χ1v) is 6.81. The van der Waals surface area contributed by atoms with Crippen molar-refractivity contribution in [1.82, 2.24) is 9.97 Å². The maximum atomic E-state index is 11.3. The standard InChI is InChI=1S/C10H17N3O2S/c1-4-8-12-9(5-10(14)13-8)11-6-7(2)16(3)15/h5,7H,4,6H2,1-3H3,(H2,11,12,13,14). The summed E-state index contributed by atoms with van der Waals surface area (Å²) in [5, 5.41) is 3.05. The monoisotopic (exact) mass is 243 g/mol. The van der Waals surface area contributed by atoms with Gasteiger partial charge in [0.15, 0.2) is 0 Å². The normalized spacial score (nSPS) is 14.4. The van der Waals surface area contributed by atoms with Gasteiger partial charge in [0.1, 0.15) is 11.6 Å². The predicted molar refractivity (Wildman–Crippen MR) is 66.3 cm³/mol. The van der Waals surface area contributed by atoms with E-state index in [-0.39, 0.29) is 10.8 Å². The SMILES string of the molecule is CCc1nc(NCC(C)S(C)=O)cc(=O)[nH]1. The first-order valence-electron chi connectivity index (χ1n) is 5.19. The van der Waals surface area contributed by atoms with Gasteiger partial charge in [-0.05, 0) is 6.92 Å². The van der Waals surface area contributed by atoms with E-state index in [2.05, 4.69) is 15.3 Å². The Morgan fingerprint density at radius 3 is 2.88 bits per heavy atom. The number of aromatic nitrogens is 2. The molecule has 0 radical (unpaired) electrons. The van der Waals surface area contributed by atoms with Crippen LogP contribution in [0.15, 0.2) is 10.9 Å². The molecule has 0 aromatic carbocycles. The number of aryl methyl sites for hydroxylation is 1. The third-order valence-electron chi connectivity index (χ3n) is 2.26. The molecule has 0 aliphatic heterocycles. The molecule has 0 fully saturated rings. The van der Waals surface area contributed by atoms with Crippen LogP contribution in [0.2, 0.25) is 0 Å². The van der Waals surface area contributed by atoms with Crippen LogP contribution in [0.5, 0.6) is 0 Å². The van der Waals surface area contributed by atoms with Gasteiger partial charge in [0.25, 0.3) is 5.56 Å². The van der Waals surface area contributed by atoms with Gasteiger partial charge >= 0.3 is 0 Å². The van der Waals surface area contributed by atoms with E-state index in [0.29, 0.717) is 24.6 Å². The van der Waals surface area contributed by atoms with Gasteiger partial charge in [-0.3, -0.25) is 9.00 Å². The highest BCUT2D eigenvalue weighted by molar-refractivity contribution is 7.84. The highest BCUT2D eigenvalue weighted by Crippen LogP contribution is 2.01. The molecule has 6 heteroatoms. The highest BCUT2D eigenvalue weighted by Gasteiger charge is 2.06. The van der Waals surface area contributed by atoms with Crippen LogP contribution in [0.3, 0.4) is 0 Å². The maximum absolute atomic E-state index is 11.3. The lowest BCUT2D eigenvalue weighted by Gasteiger charge is -2.10. The maximum Gasteiger partial charge on any atom is 0.252 e. The van der Waals surface area contributed by atoms with Crippen molar-refractivity contribution in [2.45, 2.75) is 25.5 Å². The van der Waals surface area contributed by atoms with E-state index >= 15 is 0 Å². The Hall–Kier alpha value is -1.17. The Morgan fingerprint density at radius 1 is 1.62 bits per heavy atom. The van der Waals surface area contributed by atoms with Crippen LogP contribution in [-0.4, -0.2) is 32.2 Å². The van der Waals surface area contributed by atoms with Gasteiger partial charge in [0.2, 0.25) is 0 Å². The Balaban J connectivity index is 2.70. The van der Waals surface area contributed by atoms with Crippen LogP contribution in [0, 0.1) is 0 Å². The minimum Gasteiger partial charge on any atom is -0.369 e. The van der Waals surface area contributed by atoms with Crippen LogP contribution in [0.1, 0.15) is 19.7 Å². The molecule has 0 aliphatic rings. The zero-order valence-electron chi connectivity index (χ0n) is 9.74. The van der Waals surface area contributed by atoms with Crippen molar-refractivity contribution in [3.05, 3.63) is 22.2 Å². The smallest absolute Gasteiger partial charge is 0.252 e. The van der Waals surface area contributed by atoms with Crippen molar-refractivity contribution in [1.29, 1.82) is 0 Å². The van der Waals surface area contributed by atoms with Gasteiger partial charge in [-0.25, -0.2) is 4.98 Å². The third kappa shape index (κ3) is 3.77. The van der Waals surface area contributed by atoms with Crippen LogP contribution in [0.4, 0.5) is 5.82 Å². The second-order valence-corrected chi connectivity index (χ2v) is 5.42. The largest absolute Gasteiger partial charge is 0.369 e. The molecule has 1 heterocycles. The number of nitrogens with one attached hydrogen (secondary N) is 2. The molecule has 0 amide bonds. The molecule has 2 N–H and O–H groups in total. The molecular weight excluding hydrogens is 226 g/mol. The lowest BCUT2D eigenvalue weighted by Crippen LogP contribution is -2.22. The summed E-state index contributed by atoms with van der Waals surface area (Å²) >= 11 is 0. The summed E-state index contributed by atoms with van der Waals surface area (Å²) in [4.78, 5) is 18.1. The number of rotatable bonds is 5. The highest BCUT2D eigenvalue weighted by atomic mass is 32.2. The molecule has 16 heavy (non-hydrogen) atoms. The van der Waals surface area contributed by atoms with Gasteiger partial charge in [-0.2, -0.15) is 0 Å². The van der Waals surface area contributed by atoms with Crippen LogP contribution < -0.4 is 10.9 Å². The van der Waals surface area contributed by atoms with Gasteiger partial charge in [0.05, 0.1) is 0 Å². The third-order valence-corrected chi connectivity index (χ3v) is 3.56. The van der Waals surface area contributed by atoms with Crippen molar-refractivity contribution < 1.29 is 4.21 Å². The van der Waals surface area contributed by atoms with Crippen molar-refractivity contribution in [2.24, 2.45) is 0 Å². The Labute approximate surface area is 97.1 Å². The van der Waals surface area contributed by atoms with E-state index in [0.717, 1.165) is 0 Å². The topological polar surface area (TPSA) is 74.8 Å². The summed E-state index contributed by atoms with van der Waals surface area (Å²) in [6.45, 7) is 4.35. The predicted octanol–water partition coefficient (Wildman–Crippen LogP) is 0.511. The quantitative estimate of drug-likeness (QED) is 0.790. The van der Waals surface area contributed by atoms with Crippen molar-refractivity contribution >= 4 is 16.6 Å². The molecule has 0 saturated heterocycles. The number of aromatic amines is 1. The number of H-pyrrole nitrogens is 1. The zero-order valence-corrected chi connectivity index (χ0v) is 10.6. The molecule has 2 atom stereocenters. The zero-order chi connectivity index (χ0) is 12.1. The second-order valence-electron chi connectivity index (χ2n) is 3.62. The van der Waals surface area contributed by atoms with E-state index in [4.69, 9.17) is 0 Å². The van der Waals surface area contributed by atoms with Crippen molar-refractivity contribution in [3.8, 4) is 0 Å². The molecule has 0 spiro atoms. The van der Waals surface area contributed by atoms with E-state index in [1.165, 1.54) is 6.07 Å². The summed E-state index contributed by atoms with van der Waals surface area (Å²) in [6.07, 6.45) is 2.34. The first-order chi connectivity index (χ1) is 7.52. The van der Waals surface area contributed by atoms with Crippen molar-refractivity contribution in [3.63, 3.8) is 0 Å². The minimum absolute atomic E-state index is 0.0335. The average molecular weight is 243 g/mol. The number of anilines is 1. The lowest BCUT2D eigenvalue weighted by molar-refractivity contribution is 0.678. The van der Waals surface area contributed by atoms with Crippen LogP contribution >= 0.6 is 0 Å². The van der Waals surface area contributed by atoms with Crippen LogP contribution in [-0.2, 0) is 17.2 Å². The van der Waals surface area contributed by atoms with Gasteiger partial charge in [0, 0.05) is 41.3 Å². The van der Waals surface area contributed by atoms with Gasteiger partial charge < -0.3 is 10.3 Å². The summed E-state index contributed by atoms with van der Waals surface area (Å²) < 4.78 is 11.1. The minimum atomic E-state index is -0.873. The van der Waals surface area contributed by atoms with E-state index in [9.17, 15) is 9.00 Å². The molecule has 0 saturated carbocycles. The fourth-order valence-electron chi connectivity index (χ4n) is 1.13. The molecular formula is C10H17N3O2S. The lowest BCUT2D eigenvalue weighted by atomic mass is 10.4. The molecule has 90 valence electrons. The van der Waals surface area contributed by atoms with E-state index in [1.807, 2.05) is 13.8 Å². The van der Waals surface area contributed by atoms with Crippen LogP contribution in [0.25, 0.3) is 0 Å². The molecule has 1 rings (SSSR count). The molecule has 5 nitrogen and oxygen atoms in total. The molecule has 0 bridgehead atoms. The first kappa shape index (κ1) is 12.9. The number of hydrogen-bond donors (Lipinski definition) is 2. The second kappa shape index (κ2) is 5.79. The van der Waals surface area contributed by atoms with Crippen molar-refractivity contribution in [2.75, 3.05) is 18.1 Å². The summed E-state index contributed by atoms with van der Waals surface area (Å²) in [5.41, 5.74) is -0.167. The molecule has 0 aliphatic carbocycles. The van der Waals surface area contributed by atoms with E-state index < -0.39 is 10.8 Å². The fourth-order valence-corrected chi connectivity index (χ4v) is 1.45. The van der Waals surface area contributed by atoms with E-state index in [1.54, 1.807) is 6.26 Å². The molecule has 2 unspecified atom stereocenters. The number of hydrogen-bond acceptors (Lipinski definition) is 4. The van der Waals surface area contributed by atoms with Gasteiger partial charge in [-0.15, -0.1) is 0 Å². The molecule has 1 aromatic heterocycles. The molecule has 1 aromatic rings. The van der Waals surface area contributed by atoms with Gasteiger partial charge in [-0.1, -0.05) is 6.92 Å². The summed E-state index contributed by atoms with van der Waals surface area (Å²) in [5.74, 6) is 1.19. The summed E-state index contributed by atoms with van der Waals surface area (Å²) in [6, 6.07) is 1.41. The average Bonchev–Trinajstić information content (AvgIpc) is 2.24. The summed E-state index contributed by atoms with van der Waals surface area (Å²) in [7, 11) is -0.873. The Morgan fingerprint density at radius 2 is 2.31 bits per heavy atom. The Kier molecular flexibility index (Phi) is 4.67. The Bertz CT molecular complexity index is 430. The number of nitrogens with zero attached hydrogens (tertiary/aromatic N) is 1. The fraction of sp³-hybridized carbons (Fsp3) is 0.600.